The van der Waals surface area contributed by atoms with E-state index in [1.54, 1.807) is 12.1 Å². The van der Waals surface area contributed by atoms with Gasteiger partial charge < -0.3 is 9.47 Å². The lowest BCUT2D eigenvalue weighted by molar-refractivity contribution is -0.103. The summed E-state index contributed by atoms with van der Waals surface area (Å²) in [6.07, 6.45) is -0.352. The molecule has 0 fully saturated rings. The van der Waals surface area contributed by atoms with E-state index in [0.717, 1.165) is 0 Å². The first-order valence-electron chi connectivity index (χ1n) is 5.38. The van der Waals surface area contributed by atoms with Crippen molar-refractivity contribution in [3.8, 4) is 5.75 Å². The highest BCUT2D eigenvalue weighted by Crippen LogP contribution is 2.34. The predicted molar refractivity (Wildman–Crippen MR) is 72.4 cm³/mol. The molecule has 0 aromatic heterocycles. The van der Waals surface area contributed by atoms with Gasteiger partial charge in [0.05, 0.1) is 15.1 Å². The Morgan fingerprint density at radius 3 is 2.18 bits per heavy atom. The summed E-state index contributed by atoms with van der Waals surface area (Å²) < 4.78 is 11.2. The zero-order chi connectivity index (χ0) is 13.0. The lowest BCUT2D eigenvalue weighted by atomic mass is 10.2. The zero-order valence-corrected chi connectivity index (χ0v) is 12.2. The van der Waals surface area contributed by atoms with Gasteiger partial charge >= 0.3 is 0 Å². The molecule has 1 rings (SSSR count). The van der Waals surface area contributed by atoms with Crippen LogP contribution >= 0.6 is 34.8 Å². The third-order valence-electron chi connectivity index (χ3n) is 2.09. The molecule has 0 radical (unpaired) electrons. The summed E-state index contributed by atoms with van der Waals surface area (Å²) in [6, 6.07) is 3.16. The van der Waals surface area contributed by atoms with Crippen molar-refractivity contribution in [1.29, 1.82) is 0 Å². The molecule has 0 amide bonds. The van der Waals surface area contributed by atoms with Crippen LogP contribution in [0.1, 0.15) is 20.8 Å². The van der Waals surface area contributed by atoms with Crippen molar-refractivity contribution < 1.29 is 9.47 Å². The molecule has 0 N–H and O–H groups in total. The predicted octanol–water partition coefficient (Wildman–Crippen LogP) is 5.04. The van der Waals surface area contributed by atoms with Crippen molar-refractivity contribution in [2.24, 2.45) is 5.92 Å². The van der Waals surface area contributed by atoms with Crippen LogP contribution in [0.25, 0.3) is 0 Å². The molecule has 1 aromatic carbocycles. The summed E-state index contributed by atoms with van der Waals surface area (Å²) in [7, 11) is 0. The topological polar surface area (TPSA) is 18.5 Å². The fourth-order valence-electron chi connectivity index (χ4n) is 1.25. The van der Waals surface area contributed by atoms with E-state index in [4.69, 9.17) is 44.3 Å². The van der Waals surface area contributed by atoms with Gasteiger partial charge in [0.25, 0.3) is 0 Å². The van der Waals surface area contributed by atoms with Crippen LogP contribution in [0.2, 0.25) is 15.1 Å². The molecule has 0 aliphatic heterocycles. The summed E-state index contributed by atoms with van der Waals surface area (Å²) in [5.41, 5.74) is 0. The summed E-state index contributed by atoms with van der Waals surface area (Å²) in [6.45, 7) is 6.49. The number of hydrogen-bond acceptors (Lipinski definition) is 2. The van der Waals surface area contributed by atoms with Crippen LogP contribution in [-0.2, 0) is 4.74 Å². The monoisotopic (exact) mass is 296 g/mol. The van der Waals surface area contributed by atoms with Crippen molar-refractivity contribution in [3.63, 3.8) is 0 Å². The number of rotatable bonds is 5. The SMILES string of the molecule is CCOC(Oc1cc(Cl)c(Cl)cc1Cl)C(C)C. The Balaban J connectivity index is 2.89. The van der Waals surface area contributed by atoms with Gasteiger partial charge in [0.1, 0.15) is 5.75 Å². The van der Waals surface area contributed by atoms with Gasteiger partial charge in [-0.05, 0) is 13.0 Å². The first-order valence-corrected chi connectivity index (χ1v) is 6.51. The molecule has 2 nitrogen and oxygen atoms in total. The number of hydrogen-bond donors (Lipinski definition) is 0. The van der Waals surface area contributed by atoms with Gasteiger partial charge in [0, 0.05) is 18.6 Å². The second kappa shape index (κ2) is 6.69. The fraction of sp³-hybridized carbons (Fsp3) is 0.500. The molecule has 1 unspecified atom stereocenters. The highest BCUT2D eigenvalue weighted by atomic mass is 35.5. The molecule has 0 aliphatic rings. The molecule has 96 valence electrons. The Kier molecular flexibility index (Phi) is 5.87. The Bertz CT molecular complexity index is 380. The maximum atomic E-state index is 6.03. The van der Waals surface area contributed by atoms with Crippen LogP contribution in [0.15, 0.2) is 12.1 Å². The van der Waals surface area contributed by atoms with Gasteiger partial charge in [-0.15, -0.1) is 0 Å². The largest absolute Gasteiger partial charge is 0.463 e. The van der Waals surface area contributed by atoms with E-state index in [-0.39, 0.29) is 12.2 Å². The molecule has 17 heavy (non-hydrogen) atoms. The average Bonchev–Trinajstić information content (AvgIpc) is 2.24. The van der Waals surface area contributed by atoms with E-state index < -0.39 is 0 Å². The molecule has 0 bridgehead atoms. The first-order chi connectivity index (χ1) is 7.95. The van der Waals surface area contributed by atoms with E-state index in [0.29, 0.717) is 27.4 Å². The van der Waals surface area contributed by atoms with E-state index in [1.807, 2.05) is 20.8 Å². The van der Waals surface area contributed by atoms with Crippen LogP contribution in [0.5, 0.6) is 5.75 Å². The second-order valence-corrected chi connectivity index (χ2v) is 5.10. The maximum Gasteiger partial charge on any atom is 0.202 e. The summed E-state index contributed by atoms with van der Waals surface area (Å²) in [5.74, 6) is 0.689. The van der Waals surface area contributed by atoms with Crippen molar-refractivity contribution in [3.05, 3.63) is 27.2 Å². The summed E-state index contributed by atoms with van der Waals surface area (Å²) in [5, 5.41) is 1.23. The fourth-order valence-corrected chi connectivity index (χ4v) is 1.83. The number of halogens is 3. The van der Waals surface area contributed by atoms with Gasteiger partial charge in [0.2, 0.25) is 6.29 Å². The maximum absolute atomic E-state index is 6.03. The summed E-state index contributed by atoms with van der Waals surface area (Å²) >= 11 is 17.8. The minimum atomic E-state index is -0.352. The van der Waals surface area contributed by atoms with Gasteiger partial charge in [-0.3, -0.25) is 0 Å². The van der Waals surface area contributed by atoms with Crippen molar-refractivity contribution >= 4 is 34.8 Å². The molecule has 1 atom stereocenters. The highest BCUT2D eigenvalue weighted by Gasteiger charge is 2.17. The Labute approximate surface area is 117 Å². The lowest BCUT2D eigenvalue weighted by Crippen LogP contribution is -2.26. The molecule has 0 saturated carbocycles. The van der Waals surface area contributed by atoms with Gasteiger partial charge in [0.15, 0.2) is 0 Å². The molecule has 5 heteroatoms. The lowest BCUT2D eigenvalue weighted by Gasteiger charge is -2.23. The van der Waals surface area contributed by atoms with Gasteiger partial charge in [-0.25, -0.2) is 0 Å². The van der Waals surface area contributed by atoms with Gasteiger partial charge in [-0.2, -0.15) is 0 Å². The molecular formula is C12H15Cl3O2. The van der Waals surface area contributed by atoms with Crippen molar-refractivity contribution in [2.75, 3.05) is 6.61 Å². The van der Waals surface area contributed by atoms with Crippen molar-refractivity contribution in [2.45, 2.75) is 27.1 Å². The molecule has 1 aromatic rings. The average molecular weight is 298 g/mol. The molecule has 0 heterocycles. The molecular weight excluding hydrogens is 282 g/mol. The quantitative estimate of drug-likeness (QED) is 0.559. The van der Waals surface area contributed by atoms with Crippen LogP contribution in [0.3, 0.4) is 0 Å². The standard InChI is InChI=1S/C12H15Cl3O2/c1-4-16-12(7(2)3)17-11-6-9(14)8(13)5-10(11)15/h5-7,12H,4H2,1-3H3. The van der Waals surface area contributed by atoms with Crippen LogP contribution in [0.4, 0.5) is 0 Å². The Morgan fingerprint density at radius 2 is 1.65 bits per heavy atom. The summed E-state index contributed by atoms with van der Waals surface area (Å²) in [4.78, 5) is 0. The third kappa shape index (κ3) is 4.22. The minimum Gasteiger partial charge on any atom is -0.463 e. The molecule has 0 saturated heterocycles. The van der Waals surface area contributed by atoms with Crippen LogP contribution in [0, 0.1) is 5.92 Å². The minimum absolute atomic E-state index is 0.209. The Hall–Kier alpha value is -0.150. The van der Waals surface area contributed by atoms with E-state index >= 15 is 0 Å². The number of benzene rings is 1. The second-order valence-electron chi connectivity index (χ2n) is 3.88. The molecule has 0 aliphatic carbocycles. The molecule has 0 spiro atoms. The normalized spacial score (nSPS) is 12.9. The van der Waals surface area contributed by atoms with Crippen LogP contribution < -0.4 is 4.74 Å². The van der Waals surface area contributed by atoms with Crippen LogP contribution in [-0.4, -0.2) is 12.9 Å². The first kappa shape index (κ1) is 14.9. The van der Waals surface area contributed by atoms with Gasteiger partial charge in [-0.1, -0.05) is 48.7 Å². The van der Waals surface area contributed by atoms with E-state index in [9.17, 15) is 0 Å². The Morgan fingerprint density at radius 1 is 1.06 bits per heavy atom. The van der Waals surface area contributed by atoms with Crippen molar-refractivity contribution in [1.82, 2.24) is 0 Å². The highest BCUT2D eigenvalue weighted by molar-refractivity contribution is 6.43. The smallest absolute Gasteiger partial charge is 0.202 e. The number of ether oxygens (including phenoxy) is 2. The van der Waals surface area contributed by atoms with E-state index in [2.05, 4.69) is 0 Å². The third-order valence-corrected chi connectivity index (χ3v) is 3.11. The van der Waals surface area contributed by atoms with E-state index in [1.165, 1.54) is 0 Å². The zero-order valence-electron chi connectivity index (χ0n) is 9.97.